The summed E-state index contributed by atoms with van der Waals surface area (Å²) in [6.45, 7) is 9.98. The van der Waals surface area contributed by atoms with Gasteiger partial charge in [0.1, 0.15) is 0 Å². The highest BCUT2D eigenvalue weighted by Crippen LogP contribution is 2.16. The van der Waals surface area contributed by atoms with E-state index in [1.54, 1.807) is 0 Å². The molecule has 0 saturated carbocycles. The Morgan fingerprint density at radius 2 is 2.00 bits per heavy atom. The number of carbonyl (C=O) groups is 1. The molecule has 0 unspecified atom stereocenters. The molecule has 6 nitrogen and oxygen atoms in total. The second-order valence-electron chi connectivity index (χ2n) is 4.93. The van der Waals surface area contributed by atoms with Gasteiger partial charge in [0.15, 0.2) is 0 Å². The van der Waals surface area contributed by atoms with Gasteiger partial charge in [0.05, 0.1) is 25.4 Å². The molecule has 1 aliphatic heterocycles. The molecule has 0 spiro atoms. The van der Waals surface area contributed by atoms with Gasteiger partial charge in [-0.2, -0.15) is 8.42 Å². The van der Waals surface area contributed by atoms with Crippen LogP contribution in [0.15, 0.2) is 12.7 Å². The number of likely N-dealkylation sites (N-methyl/N-ethyl adjacent to an activating group) is 1. The van der Waals surface area contributed by atoms with Crippen LogP contribution in [0.3, 0.4) is 0 Å². The number of carbonyl (C=O) groups excluding carboxylic acids is 1. The van der Waals surface area contributed by atoms with Crippen LogP contribution in [0.25, 0.3) is 0 Å². The fourth-order valence-electron chi connectivity index (χ4n) is 2.50. The maximum Gasteiger partial charge on any atom is 0.338 e. The number of hydrogen-bond acceptors (Lipinski definition) is 4. The lowest BCUT2D eigenvalue weighted by Gasteiger charge is -2.41. The summed E-state index contributed by atoms with van der Waals surface area (Å²) in [6.07, 6.45) is 1.60. The lowest BCUT2D eigenvalue weighted by molar-refractivity contribution is -0.857. The SMILES string of the molecule is C=CC(=O)[N+]1(CCCS(=O)(=O)O)CCN(CC)CC1. The third-order valence-electron chi connectivity index (χ3n) is 3.77. The van der Waals surface area contributed by atoms with E-state index in [9.17, 15) is 13.2 Å². The average Bonchev–Trinajstić information content (AvgIpc) is 2.37. The number of hydrogen-bond donors (Lipinski definition) is 1. The van der Waals surface area contributed by atoms with E-state index in [-0.39, 0.29) is 22.6 Å². The Balaban J connectivity index is 2.67. The first-order chi connectivity index (χ1) is 8.83. The van der Waals surface area contributed by atoms with E-state index >= 15 is 0 Å². The van der Waals surface area contributed by atoms with Crippen LogP contribution in [-0.4, -0.2) is 73.3 Å². The fraction of sp³-hybridized carbons (Fsp3) is 0.750. The molecular formula is C12H23N2O4S+. The maximum absolute atomic E-state index is 12.1. The molecule has 1 heterocycles. The standard InChI is InChI=1S/C12H22N2O4S/c1-3-12(15)14(8-5-11-19(16,17)18)9-6-13(4-2)7-10-14/h3H,1,4-11H2,2H3/p+1. The van der Waals surface area contributed by atoms with Gasteiger partial charge in [-0.3, -0.25) is 13.9 Å². The van der Waals surface area contributed by atoms with Gasteiger partial charge in [-0.1, -0.05) is 13.5 Å². The molecule has 110 valence electrons. The van der Waals surface area contributed by atoms with E-state index in [1.165, 1.54) is 6.08 Å². The maximum atomic E-state index is 12.1. The van der Waals surface area contributed by atoms with Crippen LogP contribution in [0.5, 0.6) is 0 Å². The van der Waals surface area contributed by atoms with Gasteiger partial charge in [-0.05, 0) is 6.54 Å². The molecular weight excluding hydrogens is 268 g/mol. The Kier molecular flexibility index (Phi) is 5.66. The summed E-state index contributed by atoms with van der Waals surface area (Å²) >= 11 is 0. The van der Waals surface area contributed by atoms with Gasteiger partial charge in [-0.25, -0.2) is 4.79 Å². The number of nitrogens with zero attached hydrogens (tertiary/aromatic N) is 2. The van der Waals surface area contributed by atoms with Crippen molar-refractivity contribution in [1.82, 2.24) is 4.90 Å². The predicted molar refractivity (Wildman–Crippen MR) is 73.2 cm³/mol. The normalized spacial score (nSPS) is 20.1. The molecule has 1 saturated heterocycles. The second kappa shape index (κ2) is 6.60. The summed E-state index contributed by atoms with van der Waals surface area (Å²) in [5.41, 5.74) is 0. The molecule has 1 N–H and O–H groups in total. The molecule has 1 aliphatic rings. The van der Waals surface area contributed by atoms with E-state index in [4.69, 9.17) is 4.55 Å². The highest BCUT2D eigenvalue weighted by atomic mass is 32.2. The third-order valence-corrected chi connectivity index (χ3v) is 4.57. The number of piperazine rings is 1. The van der Waals surface area contributed by atoms with Crippen molar-refractivity contribution < 1.29 is 22.2 Å². The molecule has 0 aromatic carbocycles. The molecule has 1 amide bonds. The molecule has 7 heteroatoms. The van der Waals surface area contributed by atoms with Crippen LogP contribution in [-0.2, 0) is 14.9 Å². The Hall–Kier alpha value is -0.760. The van der Waals surface area contributed by atoms with Crippen molar-refractivity contribution in [3.05, 3.63) is 12.7 Å². The van der Waals surface area contributed by atoms with Gasteiger partial charge in [0.25, 0.3) is 10.1 Å². The van der Waals surface area contributed by atoms with Gasteiger partial charge in [-0.15, -0.1) is 0 Å². The quantitative estimate of drug-likeness (QED) is 0.428. The zero-order valence-electron chi connectivity index (χ0n) is 11.4. The minimum atomic E-state index is -3.96. The summed E-state index contributed by atoms with van der Waals surface area (Å²) < 4.78 is 30.5. The van der Waals surface area contributed by atoms with Crippen LogP contribution < -0.4 is 0 Å². The Morgan fingerprint density at radius 3 is 2.42 bits per heavy atom. The Bertz CT molecular complexity index is 425. The summed E-state index contributed by atoms with van der Waals surface area (Å²) in [7, 11) is -3.96. The Morgan fingerprint density at radius 1 is 1.42 bits per heavy atom. The lowest BCUT2D eigenvalue weighted by Crippen LogP contribution is -2.62. The van der Waals surface area contributed by atoms with E-state index in [1.807, 2.05) is 0 Å². The first-order valence-corrected chi connectivity index (χ1v) is 8.14. The van der Waals surface area contributed by atoms with E-state index in [0.29, 0.717) is 19.6 Å². The van der Waals surface area contributed by atoms with Crippen LogP contribution in [0, 0.1) is 0 Å². The minimum absolute atomic E-state index is 0.0638. The monoisotopic (exact) mass is 291 g/mol. The zero-order chi connectivity index (χ0) is 14.5. The van der Waals surface area contributed by atoms with Crippen molar-refractivity contribution in [2.75, 3.05) is 45.0 Å². The zero-order valence-corrected chi connectivity index (χ0v) is 12.2. The number of amides is 1. The van der Waals surface area contributed by atoms with Crippen molar-refractivity contribution in [2.45, 2.75) is 13.3 Å². The first kappa shape index (κ1) is 16.3. The van der Waals surface area contributed by atoms with Crippen molar-refractivity contribution >= 4 is 16.0 Å². The summed E-state index contributed by atoms with van der Waals surface area (Å²) in [4.78, 5) is 14.3. The molecule has 0 atom stereocenters. The van der Waals surface area contributed by atoms with E-state index < -0.39 is 10.1 Å². The molecule has 0 aromatic heterocycles. The van der Waals surface area contributed by atoms with Crippen molar-refractivity contribution in [3.8, 4) is 0 Å². The van der Waals surface area contributed by atoms with E-state index in [2.05, 4.69) is 18.4 Å². The van der Waals surface area contributed by atoms with Crippen molar-refractivity contribution in [1.29, 1.82) is 0 Å². The largest absolute Gasteiger partial charge is 0.338 e. The summed E-state index contributed by atoms with van der Waals surface area (Å²) in [5, 5.41) is 0. The van der Waals surface area contributed by atoms with Crippen LogP contribution in [0.1, 0.15) is 13.3 Å². The fourth-order valence-corrected chi connectivity index (χ4v) is 3.00. The molecule has 0 aromatic rings. The van der Waals surface area contributed by atoms with Gasteiger partial charge in [0, 0.05) is 25.6 Å². The predicted octanol–water partition coefficient (Wildman–Crippen LogP) is 0.129. The first-order valence-electron chi connectivity index (χ1n) is 6.53. The molecule has 0 radical (unpaired) electrons. The number of quaternary nitrogens is 1. The van der Waals surface area contributed by atoms with Crippen LogP contribution in [0.4, 0.5) is 0 Å². The Labute approximate surface area is 115 Å². The van der Waals surface area contributed by atoms with Crippen LogP contribution in [0.2, 0.25) is 0 Å². The third kappa shape index (κ3) is 4.68. The second-order valence-corrected chi connectivity index (χ2v) is 6.50. The van der Waals surface area contributed by atoms with Gasteiger partial charge < -0.3 is 0 Å². The molecule has 1 fully saturated rings. The smallest absolute Gasteiger partial charge is 0.292 e. The van der Waals surface area contributed by atoms with Gasteiger partial charge >= 0.3 is 5.91 Å². The van der Waals surface area contributed by atoms with Gasteiger partial charge in [0.2, 0.25) is 0 Å². The highest BCUT2D eigenvalue weighted by molar-refractivity contribution is 7.85. The number of rotatable bonds is 6. The molecule has 0 aliphatic carbocycles. The molecule has 19 heavy (non-hydrogen) atoms. The average molecular weight is 291 g/mol. The molecule has 1 rings (SSSR count). The van der Waals surface area contributed by atoms with Crippen molar-refractivity contribution in [2.24, 2.45) is 0 Å². The highest BCUT2D eigenvalue weighted by Gasteiger charge is 2.37. The molecule has 0 bridgehead atoms. The lowest BCUT2D eigenvalue weighted by atomic mass is 10.2. The van der Waals surface area contributed by atoms with E-state index in [0.717, 1.165) is 19.6 Å². The topological polar surface area (TPSA) is 74.7 Å². The summed E-state index contributed by atoms with van der Waals surface area (Å²) in [6, 6.07) is 0. The minimum Gasteiger partial charge on any atom is -0.292 e. The van der Waals surface area contributed by atoms with Crippen LogP contribution >= 0.6 is 0 Å². The van der Waals surface area contributed by atoms with Crippen molar-refractivity contribution in [3.63, 3.8) is 0 Å². The summed E-state index contributed by atoms with van der Waals surface area (Å²) in [5.74, 6) is -0.361.